The van der Waals surface area contributed by atoms with Gasteiger partial charge in [0.1, 0.15) is 6.73 Å². The van der Waals surface area contributed by atoms with Gasteiger partial charge in [-0.15, -0.1) is 0 Å². The molecule has 0 bridgehead atoms. The van der Waals surface area contributed by atoms with E-state index in [1.807, 2.05) is 12.5 Å². The zero-order valence-electron chi connectivity index (χ0n) is 21.4. The van der Waals surface area contributed by atoms with Gasteiger partial charge in [0.2, 0.25) is 0 Å². The fraction of sp³-hybridized carbons (Fsp3) is 0.577. The van der Waals surface area contributed by atoms with Gasteiger partial charge in [0.05, 0.1) is 17.9 Å². The van der Waals surface area contributed by atoms with Crippen molar-refractivity contribution < 1.29 is 4.74 Å². The van der Waals surface area contributed by atoms with Crippen LogP contribution in [0.25, 0.3) is 0 Å². The van der Waals surface area contributed by atoms with Crippen LogP contribution in [0.2, 0.25) is 38.3 Å². The quantitative estimate of drug-likeness (QED) is 0.195. The topological polar surface area (TPSA) is 47.8 Å². The standard InChI is InChI=1S/C26H43BN4OSi/c1-6-8-14-27(15-9-7-2)31-17-11-13-25(31)26(23-12-10-16-28-23)24-20-30(21-29-24)22-32-18-19-33(3,4)5/h10-13,16-17,20-21,26,28H,6-9,14-15,18-19,22H2,1-5H3. The Hall–Kier alpha value is -1.99. The summed E-state index contributed by atoms with van der Waals surface area (Å²) >= 11 is 0. The van der Waals surface area contributed by atoms with Crippen molar-refractivity contribution in [1.29, 1.82) is 0 Å². The molecule has 0 spiro atoms. The monoisotopic (exact) mass is 466 g/mol. The Morgan fingerprint density at radius 1 is 1.09 bits per heavy atom. The second-order valence-corrected chi connectivity index (χ2v) is 16.1. The summed E-state index contributed by atoms with van der Waals surface area (Å²) in [5.41, 5.74) is 3.57. The van der Waals surface area contributed by atoms with Crippen molar-refractivity contribution in [2.75, 3.05) is 6.61 Å². The lowest BCUT2D eigenvalue weighted by Gasteiger charge is -2.23. The molecule has 0 saturated heterocycles. The summed E-state index contributed by atoms with van der Waals surface area (Å²) in [6.45, 7) is 13.6. The van der Waals surface area contributed by atoms with E-state index < -0.39 is 8.07 Å². The van der Waals surface area contributed by atoms with Crippen molar-refractivity contribution in [2.24, 2.45) is 0 Å². The first-order valence-electron chi connectivity index (χ1n) is 12.8. The minimum atomic E-state index is -1.07. The van der Waals surface area contributed by atoms with Crippen molar-refractivity contribution in [3.63, 3.8) is 0 Å². The van der Waals surface area contributed by atoms with Crippen LogP contribution in [0.4, 0.5) is 0 Å². The molecule has 0 radical (unpaired) electrons. The maximum absolute atomic E-state index is 5.97. The van der Waals surface area contributed by atoms with Gasteiger partial charge < -0.3 is 18.8 Å². The van der Waals surface area contributed by atoms with Gasteiger partial charge in [-0.3, -0.25) is 0 Å². The Kier molecular flexibility index (Phi) is 9.68. The molecule has 3 aromatic heterocycles. The minimum Gasteiger partial charge on any atom is -0.395 e. The van der Waals surface area contributed by atoms with Crippen LogP contribution in [0.15, 0.2) is 49.2 Å². The normalized spacial score (nSPS) is 12.9. The third-order valence-corrected chi connectivity index (χ3v) is 8.11. The second-order valence-electron chi connectivity index (χ2n) is 10.5. The van der Waals surface area contributed by atoms with Gasteiger partial charge in [-0.1, -0.05) is 71.8 Å². The number of hydrogen-bond acceptors (Lipinski definition) is 2. The number of aromatic amines is 1. The first kappa shape index (κ1) is 25.6. The average Bonchev–Trinajstić information content (AvgIpc) is 3.55. The van der Waals surface area contributed by atoms with E-state index in [1.54, 1.807) is 0 Å². The van der Waals surface area contributed by atoms with E-state index in [0.717, 1.165) is 12.3 Å². The molecule has 3 rings (SSSR count). The minimum absolute atomic E-state index is 0.0870. The molecule has 180 valence electrons. The molecule has 1 atom stereocenters. The molecule has 3 heterocycles. The first-order valence-corrected chi connectivity index (χ1v) is 16.5. The average molecular weight is 467 g/mol. The molecule has 0 amide bonds. The zero-order chi connectivity index (χ0) is 23.7. The third kappa shape index (κ3) is 7.51. The van der Waals surface area contributed by atoms with Gasteiger partial charge in [-0.25, -0.2) is 4.98 Å². The summed E-state index contributed by atoms with van der Waals surface area (Å²) in [6, 6.07) is 9.92. The first-order chi connectivity index (χ1) is 15.9. The molecule has 7 heteroatoms. The number of unbranched alkanes of at least 4 members (excludes halogenated alkanes) is 2. The van der Waals surface area contributed by atoms with E-state index in [9.17, 15) is 0 Å². The number of rotatable bonds is 15. The molecule has 0 aromatic carbocycles. The highest BCUT2D eigenvalue weighted by atomic mass is 28.3. The van der Waals surface area contributed by atoms with Crippen LogP contribution in [0.5, 0.6) is 0 Å². The molecular weight excluding hydrogens is 423 g/mol. The highest BCUT2D eigenvalue weighted by molar-refractivity contribution is 6.76. The van der Waals surface area contributed by atoms with Crippen LogP contribution in [-0.4, -0.2) is 40.5 Å². The Balaban J connectivity index is 1.83. The lowest BCUT2D eigenvalue weighted by atomic mass is 9.53. The van der Waals surface area contributed by atoms with E-state index in [4.69, 9.17) is 9.72 Å². The number of nitrogens with zero attached hydrogens (tertiary/aromatic N) is 3. The van der Waals surface area contributed by atoms with Crippen LogP contribution in [0.3, 0.4) is 0 Å². The number of nitrogens with one attached hydrogen (secondary N) is 1. The Labute approximate surface area is 202 Å². The Morgan fingerprint density at radius 2 is 1.85 bits per heavy atom. The van der Waals surface area contributed by atoms with Crippen LogP contribution in [0, 0.1) is 0 Å². The molecule has 33 heavy (non-hydrogen) atoms. The largest absolute Gasteiger partial charge is 0.395 e. The molecule has 0 fully saturated rings. The maximum Gasteiger partial charge on any atom is 0.259 e. The van der Waals surface area contributed by atoms with Gasteiger partial charge in [0.15, 0.2) is 0 Å². The van der Waals surface area contributed by atoms with Gasteiger partial charge in [0, 0.05) is 38.5 Å². The van der Waals surface area contributed by atoms with E-state index in [0.29, 0.717) is 13.6 Å². The number of H-pyrrole nitrogens is 1. The Bertz CT molecular complexity index is 920. The van der Waals surface area contributed by atoms with E-state index in [2.05, 4.69) is 84.2 Å². The van der Waals surface area contributed by atoms with Gasteiger partial charge in [-0.2, -0.15) is 0 Å². The lowest BCUT2D eigenvalue weighted by Crippen LogP contribution is -2.27. The summed E-state index contributed by atoms with van der Waals surface area (Å²) < 4.78 is 10.6. The van der Waals surface area contributed by atoms with Crippen molar-refractivity contribution in [1.82, 2.24) is 19.0 Å². The molecule has 0 saturated carbocycles. The van der Waals surface area contributed by atoms with E-state index in [-0.39, 0.29) is 5.92 Å². The van der Waals surface area contributed by atoms with Crippen LogP contribution < -0.4 is 0 Å². The van der Waals surface area contributed by atoms with Crippen LogP contribution in [0.1, 0.15) is 62.5 Å². The van der Waals surface area contributed by atoms with Gasteiger partial charge in [-0.05, 0) is 36.5 Å². The van der Waals surface area contributed by atoms with Crippen molar-refractivity contribution >= 4 is 14.9 Å². The molecule has 5 nitrogen and oxygen atoms in total. The van der Waals surface area contributed by atoms with E-state index >= 15 is 0 Å². The smallest absolute Gasteiger partial charge is 0.259 e. The van der Waals surface area contributed by atoms with Gasteiger partial charge >= 0.3 is 0 Å². The number of hydrogen-bond donors (Lipinski definition) is 1. The summed E-state index contributed by atoms with van der Waals surface area (Å²) in [5, 5.41) is 0. The van der Waals surface area contributed by atoms with E-state index in [1.165, 1.54) is 55.8 Å². The molecule has 3 aromatic rings. The molecule has 0 aliphatic rings. The van der Waals surface area contributed by atoms with Gasteiger partial charge in [0.25, 0.3) is 6.85 Å². The SMILES string of the molecule is CCCCB(CCCC)n1cccc1C(c1cn(COCC[Si](C)(C)C)cn1)c1ccc[nH]1. The zero-order valence-corrected chi connectivity index (χ0v) is 22.4. The second kappa shape index (κ2) is 12.5. The summed E-state index contributed by atoms with van der Waals surface area (Å²) in [5.74, 6) is 0.0870. The predicted molar refractivity (Wildman–Crippen MR) is 143 cm³/mol. The molecule has 0 aliphatic heterocycles. The highest BCUT2D eigenvalue weighted by Crippen LogP contribution is 2.31. The van der Waals surface area contributed by atoms with Crippen molar-refractivity contribution in [2.45, 2.75) is 90.5 Å². The summed E-state index contributed by atoms with van der Waals surface area (Å²) in [6.07, 6.45) is 15.8. The Morgan fingerprint density at radius 3 is 2.48 bits per heavy atom. The summed E-state index contributed by atoms with van der Waals surface area (Å²) in [4.78, 5) is 8.30. The highest BCUT2D eigenvalue weighted by Gasteiger charge is 2.27. The summed E-state index contributed by atoms with van der Waals surface area (Å²) in [7, 11) is -1.07. The predicted octanol–water partition coefficient (Wildman–Crippen LogP) is 6.95. The lowest BCUT2D eigenvalue weighted by molar-refractivity contribution is 0.0871. The number of aromatic nitrogens is 4. The number of ether oxygens (including phenoxy) is 1. The molecule has 0 aliphatic carbocycles. The molecule has 1 unspecified atom stereocenters. The number of imidazole rings is 1. The molecule has 1 N–H and O–H groups in total. The molecular formula is C26H43BN4OSi. The van der Waals surface area contributed by atoms with Crippen LogP contribution in [-0.2, 0) is 11.5 Å². The maximum atomic E-state index is 5.97. The fourth-order valence-electron chi connectivity index (χ4n) is 4.43. The van der Waals surface area contributed by atoms with Crippen molar-refractivity contribution in [3.05, 3.63) is 66.3 Å². The fourth-order valence-corrected chi connectivity index (χ4v) is 5.18. The van der Waals surface area contributed by atoms with Crippen LogP contribution >= 0.6 is 0 Å². The van der Waals surface area contributed by atoms with Crippen molar-refractivity contribution in [3.8, 4) is 0 Å². The third-order valence-electron chi connectivity index (χ3n) is 6.40.